The minimum absolute atomic E-state index is 0.237. The first-order valence-electron chi connectivity index (χ1n) is 6.54. The number of fused-ring (bicyclic) bond motifs is 1. The van der Waals surface area contributed by atoms with Gasteiger partial charge in [0.05, 0.1) is 10.6 Å². The van der Waals surface area contributed by atoms with E-state index in [4.69, 9.17) is 4.74 Å². The molecule has 112 valence electrons. The second kappa shape index (κ2) is 5.44. The molecule has 7 heteroatoms. The van der Waals surface area contributed by atoms with Crippen molar-refractivity contribution in [1.82, 2.24) is 0 Å². The number of nitro groups is 1. The predicted octanol–water partition coefficient (Wildman–Crippen LogP) is 2.68. The molecule has 1 aliphatic rings. The van der Waals surface area contributed by atoms with E-state index in [2.05, 4.69) is 5.32 Å². The van der Waals surface area contributed by atoms with Crippen LogP contribution in [0.5, 0.6) is 5.75 Å². The Morgan fingerprint density at radius 3 is 2.82 bits per heavy atom. The number of halogens is 1. The molecule has 0 saturated heterocycles. The molecule has 0 fully saturated rings. The van der Waals surface area contributed by atoms with E-state index < -0.39 is 22.8 Å². The Morgan fingerprint density at radius 2 is 2.09 bits per heavy atom. The van der Waals surface area contributed by atoms with Crippen LogP contribution in [0.4, 0.5) is 15.8 Å². The molecule has 2 aromatic carbocycles. The number of amides is 1. The number of para-hydroxylation sites is 1. The number of nitro benzene ring substituents is 1. The maximum Gasteiger partial charge on any atom is 0.271 e. The van der Waals surface area contributed by atoms with E-state index in [0.717, 1.165) is 23.8 Å². The lowest BCUT2D eigenvalue weighted by Gasteiger charge is -2.11. The fraction of sp³-hybridized carbons (Fsp3) is 0.133. The van der Waals surface area contributed by atoms with Crippen molar-refractivity contribution in [3.63, 3.8) is 0 Å². The van der Waals surface area contributed by atoms with Gasteiger partial charge >= 0.3 is 0 Å². The number of carbonyl (C=O) groups excluding carboxylic acids is 1. The maximum absolute atomic E-state index is 13.7. The van der Waals surface area contributed by atoms with Gasteiger partial charge in [-0.05, 0) is 17.7 Å². The number of hydrogen-bond donors (Lipinski definition) is 1. The first-order chi connectivity index (χ1) is 10.5. The van der Waals surface area contributed by atoms with Crippen LogP contribution in [-0.4, -0.2) is 16.9 Å². The van der Waals surface area contributed by atoms with Crippen molar-refractivity contribution >= 4 is 17.3 Å². The molecule has 1 N–H and O–H groups in total. The predicted molar refractivity (Wildman–Crippen MR) is 76.2 cm³/mol. The highest BCUT2D eigenvalue weighted by molar-refractivity contribution is 5.95. The first kappa shape index (κ1) is 14.0. The third kappa shape index (κ3) is 2.60. The van der Waals surface area contributed by atoms with Crippen molar-refractivity contribution in [3.8, 4) is 5.75 Å². The largest absolute Gasteiger partial charge is 0.480 e. The molecule has 0 spiro atoms. The first-order valence-corrected chi connectivity index (χ1v) is 6.54. The van der Waals surface area contributed by atoms with Gasteiger partial charge in [0.1, 0.15) is 11.6 Å². The molecule has 22 heavy (non-hydrogen) atoms. The van der Waals surface area contributed by atoms with Gasteiger partial charge in [-0.15, -0.1) is 0 Å². The number of ether oxygens (including phenoxy) is 1. The van der Waals surface area contributed by atoms with Gasteiger partial charge in [-0.25, -0.2) is 4.39 Å². The SMILES string of the molecule is O=C(Nc1cc([N+](=O)[O-])ccc1F)C1Cc2ccccc2O1. The van der Waals surface area contributed by atoms with Crippen molar-refractivity contribution in [2.24, 2.45) is 0 Å². The highest BCUT2D eigenvalue weighted by Crippen LogP contribution is 2.29. The number of anilines is 1. The molecule has 3 rings (SSSR count). The summed E-state index contributed by atoms with van der Waals surface area (Å²) in [6, 6.07) is 10.2. The third-order valence-corrected chi connectivity index (χ3v) is 3.36. The lowest BCUT2D eigenvalue weighted by atomic mass is 10.1. The van der Waals surface area contributed by atoms with Gasteiger partial charge in [-0.3, -0.25) is 14.9 Å². The van der Waals surface area contributed by atoms with Crippen LogP contribution in [0.2, 0.25) is 0 Å². The van der Waals surface area contributed by atoms with Crippen LogP contribution in [0.3, 0.4) is 0 Å². The van der Waals surface area contributed by atoms with Crippen molar-refractivity contribution in [2.45, 2.75) is 12.5 Å². The molecule has 1 unspecified atom stereocenters. The van der Waals surface area contributed by atoms with E-state index in [0.29, 0.717) is 12.2 Å². The maximum atomic E-state index is 13.7. The monoisotopic (exact) mass is 302 g/mol. The summed E-state index contributed by atoms with van der Waals surface area (Å²) >= 11 is 0. The van der Waals surface area contributed by atoms with Crippen LogP contribution < -0.4 is 10.1 Å². The van der Waals surface area contributed by atoms with Gasteiger partial charge in [0.2, 0.25) is 0 Å². The summed E-state index contributed by atoms with van der Waals surface area (Å²) in [7, 11) is 0. The summed E-state index contributed by atoms with van der Waals surface area (Å²) in [5.74, 6) is -0.674. The molecule has 0 aliphatic carbocycles. The van der Waals surface area contributed by atoms with Crippen molar-refractivity contribution in [2.75, 3.05) is 5.32 Å². The zero-order valence-corrected chi connectivity index (χ0v) is 11.3. The van der Waals surface area contributed by atoms with Gasteiger partial charge in [0.15, 0.2) is 6.10 Å². The average molecular weight is 302 g/mol. The molecular weight excluding hydrogens is 291 g/mol. The fourth-order valence-electron chi connectivity index (χ4n) is 2.26. The summed E-state index contributed by atoms with van der Waals surface area (Å²) < 4.78 is 19.2. The molecule has 6 nitrogen and oxygen atoms in total. The summed E-state index contributed by atoms with van der Waals surface area (Å²) in [5, 5.41) is 13.0. The van der Waals surface area contributed by atoms with Crippen molar-refractivity contribution < 1.29 is 18.8 Å². The number of carbonyl (C=O) groups is 1. The molecule has 1 amide bonds. The molecule has 0 aromatic heterocycles. The Morgan fingerprint density at radius 1 is 1.32 bits per heavy atom. The van der Waals surface area contributed by atoms with Crippen molar-refractivity contribution in [1.29, 1.82) is 0 Å². The highest BCUT2D eigenvalue weighted by Gasteiger charge is 2.29. The standard InChI is InChI=1S/C15H11FN2O4/c16-11-6-5-10(18(20)21)8-12(11)17-15(19)14-7-9-3-1-2-4-13(9)22-14/h1-6,8,14H,7H2,(H,17,19). The number of hydrogen-bond acceptors (Lipinski definition) is 4. The molecule has 1 aliphatic heterocycles. The molecule has 2 aromatic rings. The smallest absolute Gasteiger partial charge is 0.271 e. The molecule has 0 radical (unpaired) electrons. The molecule has 0 saturated carbocycles. The average Bonchev–Trinajstić information content (AvgIpc) is 2.93. The number of rotatable bonds is 3. The van der Waals surface area contributed by atoms with Crippen molar-refractivity contribution in [3.05, 3.63) is 64.0 Å². The van der Waals surface area contributed by atoms with Crippen LogP contribution in [0, 0.1) is 15.9 Å². The minimum Gasteiger partial charge on any atom is -0.480 e. The van der Waals surface area contributed by atoms with E-state index in [1.807, 2.05) is 12.1 Å². The van der Waals surface area contributed by atoms with E-state index in [1.165, 1.54) is 0 Å². The summed E-state index contributed by atoms with van der Waals surface area (Å²) in [6.07, 6.45) is -0.408. The number of nitrogens with one attached hydrogen (secondary N) is 1. The summed E-state index contributed by atoms with van der Waals surface area (Å²) in [5.41, 5.74) is 0.355. The van der Waals surface area contributed by atoms with Gasteiger partial charge in [-0.2, -0.15) is 0 Å². The van der Waals surface area contributed by atoms with E-state index >= 15 is 0 Å². The van der Waals surface area contributed by atoms with Gasteiger partial charge in [0, 0.05) is 18.6 Å². The zero-order chi connectivity index (χ0) is 15.7. The second-order valence-electron chi connectivity index (χ2n) is 4.83. The Kier molecular flexibility index (Phi) is 3.46. The van der Waals surface area contributed by atoms with Gasteiger partial charge in [-0.1, -0.05) is 18.2 Å². The molecule has 1 heterocycles. The molecular formula is C15H11FN2O4. The second-order valence-corrected chi connectivity index (χ2v) is 4.83. The van der Waals surface area contributed by atoms with Gasteiger partial charge in [0.25, 0.3) is 11.6 Å². The van der Waals surface area contributed by atoms with E-state index in [9.17, 15) is 19.3 Å². The van der Waals surface area contributed by atoms with Crippen LogP contribution in [0.15, 0.2) is 42.5 Å². The Balaban J connectivity index is 1.76. The quantitative estimate of drug-likeness (QED) is 0.698. The zero-order valence-electron chi connectivity index (χ0n) is 11.3. The van der Waals surface area contributed by atoms with Gasteiger partial charge < -0.3 is 10.1 Å². The van der Waals surface area contributed by atoms with Crippen LogP contribution in [0.25, 0.3) is 0 Å². The van der Waals surface area contributed by atoms with Crippen LogP contribution >= 0.6 is 0 Å². The third-order valence-electron chi connectivity index (χ3n) is 3.36. The van der Waals surface area contributed by atoms with Crippen LogP contribution in [0.1, 0.15) is 5.56 Å². The number of benzene rings is 2. The van der Waals surface area contributed by atoms with E-state index in [1.54, 1.807) is 12.1 Å². The topological polar surface area (TPSA) is 81.5 Å². The molecule has 1 atom stereocenters. The van der Waals surface area contributed by atoms with E-state index in [-0.39, 0.29) is 11.4 Å². The number of non-ortho nitro benzene ring substituents is 1. The molecule has 0 bridgehead atoms. The summed E-state index contributed by atoms with van der Waals surface area (Å²) in [6.45, 7) is 0. The Bertz CT molecular complexity index is 738. The highest BCUT2D eigenvalue weighted by atomic mass is 19.1. The Labute approximate surface area is 124 Å². The minimum atomic E-state index is -0.781. The lowest BCUT2D eigenvalue weighted by Crippen LogP contribution is -2.31. The fourth-order valence-corrected chi connectivity index (χ4v) is 2.26. The Hall–Kier alpha value is -2.96. The van der Waals surface area contributed by atoms with Crippen LogP contribution in [-0.2, 0) is 11.2 Å². The number of nitrogens with zero attached hydrogens (tertiary/aromatic N) is 1. The normalized spacial score (nSPS) is 15.8. The summed E-state index contributed by atoms with van der Waals surface area (Å²) in [4.78, 5) is 22.2. The lowest BCUT2D eigenvalue weighted by molar-refractivity contribution is -0.384.